The van der Waals surface area contributed by atoms with Gasteiger partial charge in [-0.1, -0.05) is 13.3 Å². The zero-order valence-electron chi connectivity index (χ0n) is 10.5. The van der Waals surface area contributed by atoms with Crippen LogP contribution in [-0.4, -0.2) is 44.5 Å². The van der Waals surface area contributed by atoms with E-state index in [0.717, 1.165) is 25.9 Å². The summed E-state index contributed by atoms with van der Waals surface area (Å²) in [5.74, 6) is -0.292. The highest BCUT2D eigenvalue weighted by Crippen LogP contribution is 2.19. The molecule has 0 spiro atoms. The Morgan fingerprint density at radius 1 is 1.35 bits per heavy atom. The highest BCUT2D eigenvalue weighted by Gasteiger charge is 2.30. The Bertz CT molecular complexity index is 223. The van der Waals surface area contributed by atoms with Gasteiger partial charge in [0.1, 0.15) is 6.61 Å². The number of ether oxygens (including phenoxy) is 3. The van der Waals surface area contributed by atoms with Crippen molar-refractivity contribution < 1.29 is 19.0 Å². The normalized spacial score (nSPS) is 23.9. The zero-order valence-corrected chi connectivity index (χ0v) is 10.5. The van der Waals surface area contributed by atoms with E-state index in [0.29, 0.717) is 26.2 Å². The van der Waals surface area contributed by atoms with Crippen molar-refractivity contribution in [3.8, 4) is 0 Å². The fourth-order valence-electron chi connectivity index (χ4n) is 1.70. The molecule has 1 fully saturated rings. The summed E-state index contributed by atoms with van der Waals surface area (Å²) in [6, 6.07) is 0. The zero-order chi connectivity index (χ0) is 12.5. The van der Waals surface area contributed by atoms with Crippen molar-refractivity contribution in [2.45, 2.75) is 44.8 Å². The Morgan fingerprint density at radius 3 is 2.82 bits per heavy atom. The molecule has 0 aromatic rings. The molecule has 1 aliphatic heterocycles. The van der Waals surface area contributed by atoms with Crippen molar-refractivity contribution in [1.82, 2.24) is 0 Å². The van der Waals surface area contributed by atoms with Crippen molar-refractivity contribution in [2.24, 2.45) is 5.73 Å². The summed E-state index contributed by atoms with van der Waals surface area (Å²) in [6.07, 6.45) is 3.27. The average molecular weight is 245 g/mol. The molecule has 17 heavy (non-hydrogen) atoms. The molecule has 0 bridgehead atoms. The number of carbonyl (C=O) groups is 1. The molecule has 0 aromatic carbocycles. The third-order valence-corrected chi connectivity index (χ3v) is 2.75. The van der Waals surface area contributed by atoms with Crippen molar-refractivity contribution in [3.05, 3.63) is 0 Å². The van der Waals surface area contributed by atoms with Gasteiger partial charge in [-0.2, -0.15) is 0 Å². The minimum Gasteiger partial charge on any atom is -0.461 e. The second-order valence-electron chi connectivity index (χ2n) is 4.19. The molecule has 0 radical (unpaired) electrons. The molecule has 5 nitrogen and oxygen atoms in total. The van der Waals surface area contributed by atoms with E-state index in [1.807, 2.05) is 0 Å². The average Bonchev–Trinajstić information content (AvgIpc) is 2.82. The maximum Gasteiger partial charge on any atom is 0.335 e. The third-order valence-electron chi connectivity index (χ3n) is 2.75. The van der Waals surface area contributed by atoms with Gasteiger partial charge in [0.05, 0.1) is 12.7 Å². The van der Waals surface area contributed by atoms with Crippen LogP contribution in [0.4, 0.5) is 0 Å². The number of hydrogen-bond acceptors (Lipinski definition) is 5. The Balaban J connectivity index is 2.01. The SMILES string of the molecule is CCCCOCCOC(=O)C1CCC(CN)O1. The first-order valence-electron chi connectivity index (χ1n) is 6.37. The molecule has 0 saturated carbocycles. The Hall–Kier alpha value is -0.650. The Kier molecular flexibility index (Phi) is 7.16. The summed E-state index contributed by atoms with van der Waals surface area (Å²) < 4.78 is 15.8. The van der Waals surface area contributed by atoms with Crippen LogP contribution in [0.15, 0.2) is 0 Å². The van der Waals surface area contributed by atoms with Crippen molar-refractivity contribution >= 4 is 5.97 Å². The summed E-state index contributed by atoms with van der Waals surface area (Å²) >= 11 is 0. The van der Waals surface area contributed by atoms with E-state index in [9.17, 15) is 4.79 Å². The van der Waals surface area contributed by atoms with Crippen LogP contribution in [0.3, 0.4) is 0 Å². The first-order valence-corrected chi connectivity index (χ1v) is 6.37. The molecule has 0 aromatic heterocycles. The lowest BCUT2D eigenvalue weighted by atomic mass is 10.2. The summed E-state index contributed by atoms with van der Waals surface area (Å²) in [5.41, 5.74) is 5.47. The van der Waals surface area contributed by atoms with Gasteiger partial charge in [-0.25, -0.2) is 4.79 Å². The first-order chi connectivity index (χ1) is 8.27. The lowest BCUT2D eigenvalue weighted by molar-refractivity contribution is -0.157. The molecule has 1 rings (SSSR count). The van der Waals surface area contributed by atoms with E-state index in [1.54, 1.807) is 0 Å². The van der Waals surface area contributed by atoms with E-state index >= 15 is 0 Å². The lowest BCUT2D eigenvalue weighted by Gasteiger charge is -2.12. The number of esters is 1. The number of unbranched alkanes of at least 4 members (excludes halogenated alkanes) is 1. The van der Waals surface area contributed by atoms with Crippen LogP contribution in [0, 0.1) is 0 Å². The molecule has 5 heteroatoms. The summed E-state index contributed by atoms with van der Waals surface area (Å²) in [6.45, 7) is 4.05. The van der Waals surface area contributed by atoms with Crippen LogP contribution in [0.1, 0.15) is 32.6 Å². The maximum absolute atomic E-state index is 11.6. The molecular formula is C12H23NO4. The van der Waals surface area contributed by atoms with Crippen LogP contribution >= 0.6 is 0 Å². The number of hydrogen-bond donors (Lipinski definition) is 1. The maximum atomic E-state index is 11.6. The highest BCUT2D eigenvalue weighted by molar-refractivity contribution is 5.74. The van der Waals surface area contributed by atoms with Crippen molar-refractivity contribution in [2.75, 3.05) is 26.4 Å². The minimum atomic E-state index is -0.431. The molecule has 0 amide bonds. The number of rotatable bonds is 8. The largest absolute Gasteiger partial charge is 0.461 e. The standard InChI is InChI=1S/C12H23NO4/c1-2-3-6-15-7-8-16-12(14)11-5-4-10(9-13)17-11/h10-11H,2-9,13H2,1H3. The summed E-state index contributed by atoms with van der Waals surface area (Å²) in [7, 11) is 0. The van der Waals surface area contributed by atoms with Crippen molar-refractivity contribution in [1.29, 1.82) is 0 Å². The fourth-order valence-corrected chi connectivity index (χ4v) is 1.70. The Morgan fingerprint density at radius 2 is 2.18 bits per heavy atom. The van der Waals surface area contributed by atoms with Crippen LogP contribution in [0.25, 0.3) is 0 Å². The van der Waals surface area contributed by atoms with E-state index in [2.05, 4.69) is 6.92 Å². The molecular weight excluding hydrogens is 222 g/mol. The predicted octanol–water partition coefficient (Wildman–Crippen LogP) is 0.853. The topological polar surface area (TPSA) is 70.8 Å². The predicted molar refractivity (Wildman–Crippen MR) is 63.6 cm³/mol. The number of carbonyl (C=O) groups excluding carboxylic acids is 1. The second kappa shape index (κ2) is 8.44. The third kappa shape index (κ3) is 5.48. The molecule has 0 aliphatic carbocycles. The Labute approximate surface area is 103 Å². The minimum absolute atomic E-state index is 0.00774. The second-order valence-corrected chi connectivity index (χ2v) is 4.19. The molecule has 100 valence electrons. The van der Waals surface area contributed by atoms with Gasteiger partial charge in [-0.15, -0.1) is 0 Å². The highest BCUT2D eigenvalue weighted by atomic mass is 16.6. The number of nitrogens with two attached hydrogens (primary N) is 1. The van der Waals surface area contributed by atoms with Crippen molar-refractivity contribution in [3.63, 3.8) is 0 Å². The van der Waals surface area contributed by atoms with Gasteiger partial charge in [-0.3, -0.25) is 0 Å². The first kappa shape index (κ1) is 14.4. The molecule has 2 N–H and O–H groups in total. The monoisotopic (exact) mass is 245 g/mol. The molecule has 1 aliphatic rings. The van der Waals surface area contributed by atoms with E-state index in [1.165, 1.54) is 0 Å². The fraction of sp³-hybridized carbons (Fsp3) is 0.917. The molecule has 1 saturated heterocycles. The van der Waals surface area contributed by atoms with Crippen LogP contribution in [0.5, 0.6) is 0 Å². The van der Waals surface area contributed by atoms with E-state index in [-0.39, 0.29) is 12.1 Å². The van der Waals surface area contributed by atoms with Crippen LogP contribution in [-0.2, 0) is 19.0 Å². The smallest absolute Gasteiger partial charge is 0.335 e. The van der Waals surface area contributed by atoms with Gasteiger partial charge >= 0.3 is 5.97 Å². The van der Waals surface area contributed by atoms with Gasteiger partial charge in [0.25, 0.3) is 0 Å². The molecule has 1 heterocycles. The van der Waals surface area contributed by atoms with E-state index < -0.39 is 6.10 Å². The molecule has 2 atom stereocenters. The van der Waals surface area contributed by atoms with Crippen LogP contribution in [0.2, 0.25) is 0 Å². The van der Waals surface area contributed by atoms with Gasteiger partial charge in [0.2, 0.25) is 0 Å². The van der Waals surface area contributed by atoms with Gasteiger partial charge < -0.3 is 19.9 Å². The van der Waals surface area contributed by atoms with Gasteiger partial charge in [0, 0.05) is 13.2 Å². The van der Waals surface area contributed by atoms with Crippen LogP contribution < -0.4 is 5.73 Å². The summed E-state index contributed by atoms with van der Waals surface area (Å²) in [5, 5.41) is 0. The lowest BCUT2D eigenvalue weighted by Crippen LogP contribution is -2.27. The quantitative estimate of drug-likeness (QED) is 0.507. The summed E-state index contributed by atoms with van der Waals surface area (Å²) in [4.78, 5) is 11.6. The van der Waals surface area contributed by atoms with Gasteiger partial charge in [0.15, 0.2) is 6.10 Å². The molecule has 2 unspecified atom stereocenters. The van der Waals surface area contributed by atoms with Gasteiger partial charge in [-0.05, 0) is 19.3 Å². The van der Waals surface area contributed by atoms with E-state index in [4.69, 9.17) is 19.9 Å².